The van der Waals surface area contributed by atoms with Crippen molar-refractivity contribution in [2.24, 2.45) is 0 Å². The van der Waals surface area contributed by atoms with Gasteiger partial charge in [0.25, 0.3) is 5.69 Å². The summed E-state index contributed by atoms with van der Waals surface area (Å²) in [5, 5.41) is 10.6. The van der Waals surface area contributed by atoms with Gasteiger partial charge in [-0.1, -0.05) is 18.2 Å². The van der Waals surface area contributed by atoms with E-state index in [0.29, 0.717) is 13.1 Å². The number of nitrogens with zero attached hydrogens (tertiary/aromatic N) is 2. The molecule has 1 aliphatic rings. The molecule has 0 bridgehead atoms. The van der Waals surface area contributed by atoms with Crippen LogP contribution in [0.3, 0.4) is 0 Å². The highest BCUT2D eigenvalue weighted by Crippen LogP contribution is 2.22. The van der Waals surface area contributed by atoms with E-state index in [4.69, 9.17) is 5.73 Å². The molecule has 0 aromatic heterocycles. The Hall–Kier alpha value is -2.89. The zero-order chi connectivity index (χ0) is 16.4. The third-order valence-electron chi connectivity index (χ3n) is 4.10. The van der Waals surface area contributed by atoms with Gasteiger partial charge in [0.1, 0.15) is 0 Å². The molecule has 0 saturated carbocycles. The number of nitro groups is 1. The van der Waals surface area contributed by atoms with Crippen molar-refractivity contribution in [2.45, 2.75) is 19.4 Å². The number of carbonyl (C=O) groups excluding carboxylic acids is 1. The van der Waals surface area contributed by atoms with Crippen molar-refractivity contribution < 1.29 is 9.72 Å². The maximum atomic E-state index is 12.4. The van der Waals surface area contributed by atoms with Gasteiger partial charge in [-0.15, -0.1) is 0 Å². The summed E-state index contributed by atoms with van der Waals surface area (Å²) in [5.74, 6) is 0.0290. The molecule has 0 fully saturated rings. The fourth-order valence-corrected chi connectivity index (χ4v) is 2.81. The van der Waals surface area contributed by atoms with Gasteiger partial charge in [-0.3, -0.25) is 14.9 Å². The molecule has 2 N–H and O–H groups in total. The van der Waals surface area contributed by atoms with E-state index in [9.17, 15) is 14.9 Å². The van der Waals surface area contributed by atoms with Gasteiger partial charge in [0.05, 0.1) is 11.3 Å². The number of hydrogen-bond acceptors (Lipinski definition) is 4. The molecule has 6 nitrogen and oxygen atoms in total. The van der Waals surface area contributed by atoms with E-state index in [1.807, 2.05) is 23.1 Å². The van der Waals surface area contributed by atoms with Crippen molar-refractivity contribution in [3.8, 4) is 0 Å². The zero-order valence-electron chi connectivity index (χ0n) is 12.6. The number of rotatable bonds is 3. The first-order valence-electron chi connectivity index (χ1n) is 7.41. The van der Waals surface area contributed by atoms with E-state index < -0.39 is 4.92 Å². The van der Waals surface area contributed by atoms with Crippen LogP contribution in [0.5, 0.6) is 0 Å². The average Bonchev–Trinajstić information content (AvgIpc) is 2.54. The second-order valence-electron chi connectivity index (χ2n) is 5.69. The molecule has 0 aliphatic carbocycles. The van der Waals surface area contributed by atoms with Crippen LogP contribution in [0.2, 0.25) is 0 Å². The first-order valence-corrected chi connectivity index (χ1v) is 7.41. The molecule has 3 rings (SSSR count). The molecule has 2 aromatic rings. The Morgan fingerprint density at radius 2 is 1.91 bits per heavy atom. The summed E-state index contributed by atoms with van der Waals surface area (Å²) in [5.41, 5.74) is 9.67. The number of carbonyl (C=O) groups is 1. The summed E-state index contributed by atoms with van der Waals surface area (Å²) in [4.78, 5) is 24.4. The standard InChI is InChI=1S/C17H17N3O3/c18-15-4-3-14-11-19(8-7-13(14)10-15)17(21)9-12-1-5-16(6-2-12)20(22)23/h1-6,10H,7-9,11,18H2. The molecule has 0 unspecified atom stereocenters. The molecule has 0 saturated heterocycles. The molecule has 118 valence electrons. The van der Waals surface area contributed by atoms with Gasteiger partial charge in [-0.25, -0.2) is 0 Å². The largest absolute Gasteiger partial charge is 0.399 e. The van der Waals surface area contributed by atoms with Gasteiger partial charge < -0.3 is 10.6 Å². The molecule has 2 aromatic carbocycles. The number of hydrogen-bond donors (Lipinski definition) is 1. The van der Waals surface area contributed by atoms with Crippen molar-refractivity contribution in [2.75, 3.05) is 12.3 Å². The van der Waals surface area contributed by atoms with E-state index in [2.05, 4.69) is 0 Å². The van der Waals surface area contributed by atoms with E-state index in [1.54, 1.807) is 12.1 Å². The van der Waals surface area contributed by atoms with Gasteiger partial charge in [-0.05, 0) is 35.2 Å². The van der Waals surface area contributed by atoms with Gasteiger partial charge >= 0.3 is 0 Å². The van der Waals surface area contributed by atoms with Crippen LogP contribution in [0, 0.1) is 10.1 Å². The summed E-state index contributed by atoms with van der Waals surface area (Å²) < 4.78 is 0. The van der Waals surface area contributed by atoms with Crippen molar-refractivity contribution >= 4 is 17.3 Å². The van der Waals surface area contributed by atoms with Gasteiger partial charge in [0, 0.05) is 30.9 Å². The molecule has 0 atom stereocenters. The molecular formula is C17H17N3O3. The number of nitrogens with two attached hydrogens (primary N) is 1. The molecule has 1 amide bonds. The minimum absolute atomic E-state index is 0.0290. The highest BCUT2D eigenvalue weighted by atomic mass is 16.6. The maximum Gasteiger partial charge on any atom is 0.269 e. The summed E-state index contributed by atoms with van der Waals surface area (Å²) in [7, 11) is 0. The Morgan fingerprint density at radius 1 is 1.17 bits per heavy atom. The van der Waals surface area contributed by atoms with Crippen LogP contribution in [0.4, 0.5) is 11.4 Å². The van der Waals surface area contributed by atoms with Gasteiger partial charge in [0.2, 0.25) is 5.91 Å². The number of benzene rings is 2. The van der Waals surface area contributed by atoms with Crippen LogP contribution in [0.25, 0.3) is 0 Å². The quantitative estimate of drug-likeness (QED) is 0.535. The second kappa shape index (κ2) is 6.08. The Bertz CT molecular complexity index is 756. The lowest BCUT2D eigenvalue weighted by Gasteiger charge is -2.29. The first kappa shape index (κ1) is 15.0. The topological polar surface area (TPSA) is 89.5 Å². The predicted octanol–water partition coefficient (Wildman–Crippen LogP) is 2.30. The summed E-state index contributed by atoms with van der Waals surface area (Å²) in [6.07, 6.45) is 1.05. The summed E-state index contributed by atoms with van der Waals surface area (Å²) in [6, 6.07) is 11.9. The molecule has 1 heterocycles. The van der Waals surface area contributed by atoms with Crippen LogP contribution in [0.15, 0.2) is 42.5 Å². The second-order valence-corrected chi connectivity index (χ2v) is 5.69. The van der Waals surface area contributed by atoms with E-state index in [-0.39, 0.29) is 18.0 Å². The zero-order valence-corrected chi connectivity index (χ0v) is 12.6. The number of anilines is 1. The number of amides is 1. The molecule has 1 aliphatic heterocycles. The Kier molecular flexibility index (Phi) is 3.97. The van der Waals surface area contributed by atoms with Crippen molar-refractivity contribution in [3.05, 3.63) is 69.3 Å². The summed E-state index contributed by atoms with van der Waals surface area (Å²) in [6.45, 7) is 1.25. The fourth-order valence-electron chi connectivity index (χ4n) is 2.81. The van der Waals surface area contributed by atoms with Crippen LogP contribution in [-0.2, 0) is 24.2 Å². The molecule has 0 spiro atoms. The monoisotopic (exact) mass is 311 g/mol. The minimum Gasteiger partial charge on any atom is -0.399 e. The lowest BCUT2D eigenvalue weighted by molar-refractivity contribution is -0.384. The number of nitro benzene ring substituents is 1. The van der Waals surface area contributed by atoms with Crippen molar-refractivity contribution in [1.82, 2.24) is 4.90 Å². The molecular weight excluding hydrogens is 294 g/mol. The van der Waals surface area contributed by atoms with Crippen molar-refractivity contribution in [3.63, 3.8) is 0 Å². The number of nitrogen functional groups attached to an aromatic ring is 1. The lowest BCUT2D eigenvalue weighted by Crippen LogP contribution is -2.36. The number of fused-ring (bicyclic) bond motifs is 1. The van der Waals surface area contributed by atoms with E-state index in [1.165, 1.54) is 17.7 Å². The Balaban J connectivity index is 1.67. The first-order chi connectivity index (χ1) is 11.0. The van der Waals surface area contributed by atoms with Crippen LogP contribution < -0.4 is 5.73 Å². The average molecular weight is 311 g/mol. The van der Waals surface area contributed by atoms with E-state index >= 15 is 0 Å². The fraction of sp³-hybridized carbons (Fsp3) is 0.235. The predicted molar refractivity (Wildman–Crippen MR) is 86.8 cm³/mol. The maximum absolute atomic E-state index is 12.4. The minimum atomic E-state index is -0.446. The number of non-ortho nitro benzene ring substituents is 1. The Morgan fingerprint density at radius 3 is 2.61 bits per heavy atom. The van der Waals surface area contributed by atoms with Crippen LogP contribution in [0.1, 0.15) is 16.7 Å². The van der Waals surface area contributed by atoms with E-state index in [0.717, 1.165) is 23.2 Å². The van der Waals surface area contributed by atoms with Crippen molar-refractivity contribution in [1.29, 1.82) is 0 Å². The Labute approximate surface area is 133 Å². The van der Waals surface area contributed by atoms with Crippen LogP contribution >= 0.6 is 0 Å². The third kappa shape index (κ3) is 3.31. The lowest BCUT2D eigenvalue weighted by atomic mass is 9.98. The van der Waals surface area contributed by atoms with Gasteiger partial charge in [-0.2, -0.15) is 0 Å². The molecule has 0 radical (unpaired) electrons. The normalized spacial score (nSPS) is 13.5. The highest BCUT2D eigenvalue weighted by Gasteiger charge is 2.21. The van der Waals surface area contributed by atoms with Crippen LogP contribution in [-0.4, -0.2) is 22.3 Å². The highest BCUT2D eigenvalue weighted by molar-refractivity contribution is 5.79. The molecule has 23 heavy (non-hydrogen) atoms. The third-order valence-corrected chi connectivity index (χ3v) is 4.10. The smallest absolute Gasteiger partial charge is 0.269 e. The van der Waals surface area contributed by atoms with Gasteiger partial charge in [0.15, 0.2) is 0 Å². The molecule has 6 heteroatoms. The summed E-state index contributed by atoms with van der Waals surface area (Å²) >= 11 is 0. The SMILES string of the molecule is Nc1ccc2c(c1)CCN(C(=O)Cc1ccc([N+](=O)[O-])cc1)C2.